The molecule has 0 N–H and O–H groups in total. The molecule has 0 fully saturated rings. The Balaban J connectivity index is 1.71. The number of rotatable bonds is 6. The van der Waals surface area contributed by atoms with Crippen molar-refractivity contribution in [1.29, 1.82) is 0 Å². The average molecular weight is 381 g/mol. The van der Waals surface area contributed by atoms with Crippen LogP contribution in [0.1, 0.15) is 43.6 Å². The van der Waals surface area contributed by atoms with Crippen LogP contribution in [0.2, 0.25) is 0 Å². The van der Waals surface area contributed by atoms with Gasteiger partial charge in [-0.2, -0.15) is 0 Å². The first-order valence-corrected chi connectivity index (χ1v) is 9.99. The van der Waals surface area contributed by atoms with Crippen LogP contribution in [0.5, 0.6) is 0 Å². The van der Waals surface area contributed by atoms with Crippen molar-refractivity contribution >= 4 is 17.5 Å². The maximum Gasteiger partial charge on any atom is 0.191 e. The van der Waals surface area contributed by atoms with Crippen molar-refractivity contribution in [3.8, 4) is 11.4 Å². The Bertz CT molecular complexity index is 912. The van der Waals surface area contributed by atoms with Crippen LogP contribution in [-0.2, 0) is 12.0 Å². The molecular formula is C21H24N4OS. The maximum atomic E-state index is 12.6. The second-order valence-corrected chi connectivity index (χ2v) is 8.27. The SMILES string of the molecule is CCn1c(SCC(=O)c2ccc(C(C)(C)C)cc2)nnc1-c1ccncc1. The molecule has 0 radical (unpaired) electrons. The number of carbonyl (C=O) groups is 1. The Morgan fingerprint density at radius 2 is 1.70 bits per heavy atom. The molecule has 140 valence electrons. The third-order valence-corrected chi connectivity index (χ3v) is 5.34. The van der Waals surface area contributed by atoms with Crippen LogP contribution in [0.3, 0.4) is 0 Å². The van der Waals surface area contributed by atoms with Gasteiger partial charge in [-0.05, 0) is 30.0 Å². The molecule has 3 rings (SSSR count). The number of Topliss-reactive ketones (excluding diaryl/α,β-unsaturated/α-hetero) is 1. The van der Waals surface area contributed by atoms with Crippen LogP contribution in [0.15, 0.2) is 53.9 Å². The largest absolute Gasteiger partial charge is 0.302 e. The first-order chi connectivity index (χ1) is 12.9. The van der Waals surface area contributed by atoms with Crippen LogP contribution < -0.4 is 0 Å². The lowest BCUT2D eigenvalue weighted by molar-refractivity contribution is 0.102. The molecule has 0 spiro atoms. The minimum Gasteiger partial charge on any atom is -0.302 e. The van der Waals surface area contributed by atoms with Gasteiger partial charge in [0, 0.05) is 30.1 Å². The van der Waals surface area contributed by atoms with E-state index in [1.807, 2.05) is 47.9 Å². The Kier molecular flexibility index (Phi) is 5.75. The number of aromatic nitrogens is 4. The highest BCUT2D eigenvalue weighted by Gasteiger charge is 2.17. The first kappa shape index (κ1) is 19.3. The van der Waals surface area contributed by atoms with E-state index in [9.17, 15) is 4.79 Å². The molecular weight excluding hydrogens is 356 g/mol. The summed E-state index contributed by atoms with van der Waals surface area (Å²) in [5.41, 5.74) is 3.00. The molecule has 2 aromatic heterocycles. The van der Waals surface area contributed by atoms with Gasteiger partial charge in [-0.25, -0.2) is 0 Å². The molecule has 0 atom stereocenters. The summed E-state index contributed by atoms with van der Waals surface area (Å²) in [6, 6.07) is 11.7. The lowest BCUT2D eigenvalue weighted by Gasteiger charge is -2.18. The number of nitrogens with zero attached hydrogens (tertiary/aromatic N) is 4. The van der Waals surface area contributed by atoms with E-state index in [1.54, 1.807) is 12.4 Å². The van der Waals surface area contributed by atoms with E-state index in [0.29, 0.717) is 5.75 Å². The Morgan fingerprint density at radius 3 is 2.30 bits per heavy atom. The zero-order valence-corrected chi connectivity index (χ0v) is 17.0. The third kappa shape index (κ3) is 4.45. The Hall–Kier alpha value is -2.47. The van der Waals surface area contributed by atoms with E-state index in [2.05, 4.69) is 36.0 Å². The summed E-state index contributed by atoms with van der Waals surface area (Å²) in [7, 11) is 0. The summed E-state index contributed by atoms with van der Waals surface area (Å²) < 4.78 is 2.02. The highest BCUT2D eigenvalue weighted by molar-refractivity contribution is 7.99. The second kappa shape index (κ2) is 8.05. The van der Waals surface area contributed by atoms with E-state index in [0.717, 1.165) is 28.7 Å². The molecule has 27 heavy (non-hydrogen) atoms. The van der Waals surface area contributed by atoms with Crippen molar-refractivity contribution in [3.63, 3.8) is 0 Å². The standard InChI is InChI=1S/C21H24N4OS/c1-5-25-19(16-10-12-22-13-11-16)23-24-20(25)27-14-18(26)15-6-8-17(9-7-15)21(2,3)4/h6-13H,5,14H2,1-4H3. The van der Waals surface area contributed by atoms with Crippen molar-refractivity contribution < 1.29 is 4.79 Å². The highest BCUT2D eigenvalue weighted by Crippen LogP contribution is 2.25. The van der Waals surface area contributed by atoms with Gasteiger partial charge in [-0.15, -0.1) is 10.2 Å². The van der Waals surface area contributed by atoms with Gasteiger partial charge in [-0.1, -0.05) is 56.8 Å². The maximum absolute atomic E-state index is 12.6. The van der Waals surface area contributed by atoms with Crippen LogP contribution in [0.4, 0.5) is 0 Å². The fourth-order valence-corrected chi connectivity index (χ4v) is 3.66. The average Bonchev–Trinajstić information content (AvgIpc) is 3.09. The van der Waals surface area contributed by atoms with Crippen molar-refractivity contribution in [2.24, 2.45) is 0 Å². The summed E-state index contributed by atoms with van der Waals surface area (Å²) in [6.45, 7) is 9.28. The van der Waals surface area contributed by atoms with Crippen molar-refractivity contribution in [2.45, 2.75) is 44.8 Å². The summed E-state index contributed by atoms with van der Waals surface area (Å²) in [5, 5.41) is 9.33. The van der Waals surface area contributed by atoms with E-state index in [-0.39, 0.29) is 11.2 Å². The zero-order chi connectivity index (χ0) is 19.4. The fourth-order valence-electron chi connectivity index (χ4n) is 2.76. The van der Waals surface area contributed by atoms with Crippen LogP contribution in [0, 0.1) is 0 Å². The zero-order valence-electron chi connectivity index (χ0n) is 16.1. The predicted octanol–water partition coefficient (Wildman–Crippen LogP) is 4.63. The topological polar surface area (TPSA) is 60.7 Å². The molecule has 0 saturated heterocycles. The fraction of sp³-hybridized carbons (Fsp3) is 0.333. The van der Waals surface area contributed by atoms with Crippen LogP contribution in [-0.4, -0.2) is 31.3 Å². The lowest BCUT2D eigenvalue weighted by Crippen LogP contribution is -2.11. The molecule has 0 amide bonds. The number of thioether (sulfide) groups is 1. The van der Waals surface area contributed by atoms with E-state index in [4.69, 9.17) is 0 Å². The molecule has 0 aliphatic heterocycles. The van der Waals surface area contributed by atoms with Crippen molar-refractivity contribution in [1.82, 2.24) is 19.7 Å². The molecule has 0 aliphatic carbocycles. The molecule has 0 bridgehead atoms. The van der Waals surface area contributed by atoms with Crippen molar-refractivity contribution in [3.05, 3.63) is 59.9 Å². The number of carbonyl (C=O) groups excluding carboxylic acids is 1. The highest BCUT2D eigenvalue weighted by atomic mass is 32.2. The Labute approximate surface area is 164 Å². The molecule has 5 nitrogen and oxygen atoms in total. The van der Waals surface area contributed by atoms with E-state index in [1.165, 1.54) is 17.3 Å². The molecule has 3 aromatic rings. The van der Waals surface area contributed by atoms with Gasteiger partial charge in [0.1, 0.15) is 0 Å². The molecule has 1 aromatic carbocycles. The smallest absolute Gasteiger partial charge is 0.191 e. The summed E-state index contributed by atoms with van der Waals surface area (Å²) >= 11 is 1.42. The number of hydrogen-bond donors (Lipinski definition) is 0. The number of hydrogen-bond acceptors (Lipinski definition) is 5. The number of ketones is 1. The van der Waals surface area contributed by atoms with Gasteiger partial charge < -0.3 is 4.57 Å². The van der Waals surface area contributed by atoms with E-state index >= 15 is 0 Å². The quantitative estimate of drug-likeness (QED) is 0.461. The third-order valence-electron chi connectivity index (χ3n) is 4.38. The first-order valence-electron chi connectivity index (χ1n) is 9.00. The van der Waals surface area contributed by atoms with Gasteiger partial charge in [-0.3, -0.25) is 9.78 Å². The van der Waals surface area contributed by atoms with Gasteiger partial charge in [0.2, 0.25) is 0 Å². The summed E-state index contributed by atoms with van der Waals surface area (Å²) in [4.78, 5) is 16.6. The van der Waals surface area contributed by atoms with Crippen LogP contribution in [0.25, 0.3) is 11.4 Å². The van der Waals surface area contributed by atoms with E-state index < -0.39 is 0 Å². The van der Waals surface area contributed by atoms with Crippen LogP contribution >= 0.6 is 11.8 Å². The molecule has 0 unspecified atom stereocenters. The Morgan fingerprint density at radius 1 is 1.04 bits per heavy atom. The minimum atomic E-state index is 0.0806. The van der Waals surface area contributed by atoms with Crippen molar-refractivity contribution in [2.75, 3.05) is 5.75 Å². The predicted molar refractivity (Wildman–Crippen MR) is 109 cm³/mol. The van der Waals surface area contributed by atoms with Gasteiger partial charge in [0.25, 0.3) is 0 Å². The minimum absolute atomic E-state index is 0.0806. The number of pyridine rings is 1. The van der Waals surface area contributed by atoms with Gasteiger partial charge >= 0.3 is 0 Å². The molecule has 6 heteroatoms. The summed E-state index contributed by atoms with van der Waals surface area (Å²) in [6.07, 6.45) is 3.48. The normalized spacial score (nSPS) is 11.6. The summed E-state index contributed by atoms with van der Waals surface area (Å²) in [5.74, 6) is 1.23. The lowest BCUT2D eigenvalue weighted by atomic mass is 9.86. The van der Waals surface area contributed by atoms with Gasteiger partial charge in [0.05, 0.1) is 5.75 Å². The number of benzene rings is 1. The molecule has 0 saturated carbocycles. The van der Waals surface area contributed by atoms with Gasteiger partial charge in [0.15, 0.2) is 16.8 Å². The monoisotopic (exact) mass is 380 g/mol. The molecule has 2 heterocycles. The second-order valence-electron chi connectivity index (χ2n) is 7.33. The molecule has 0 aliphatic rings.